The van der Waals surface area contributed by atoms with Crippen molar-refractivity contribution in [3.63, 3.8) is 0 Å². The van der Waals surface area contributed by atoms with Gasteiger partial charge in [0.1, 0.15) is 5.82 Å². The number of carbonyl (C=O) groups is 2. The van der Waals surface area contributed by atoms with E-state index in [9.17, 15) is 9.59 Å². The maximum absolute atomic E-state index is 12.6. The van der Waals surface area contributed by atoms with Gasteiger partial charge in [0.15, 0.2) is 0 Å². The molecule has 2 amide bonds. The lowest BCUT2D eigenvalue weighted by Crippen LogP contribution is -2.44. The van der Waals surface area contributed by atoms with Crippen molar-refractivity contribution in [2.45, 2.75) is 25.7 Å². The average molecular weight is 409 g/mol. The predicted octanol–water partition coefficient (Wildman–Crippen LogP) is 2.02. The Balaban J connectivity index is 1.38. The summed E-state index contributed by atoms with van der Waals surface area (Å²) in [6.07, 6.45) is 6.82. The molecule has 2 aliphatic rings. The first kappa shape index (κ1) is 20.3. The molecule has 158 valence electrons. The first-order valence-electron chi connectivity index (χ1n) is 10.5. The van der Waals surface area contributed by atoms with E-state index >= 15 is 0 Å². The van der Waals surface area contributed by atoms with Crippen molar-refractivity contribution in [3.05, 3.63) is 47.9 Å². The van der Waals surface area contributed by atoms with Crippen molar-refractivity contribution in [1.29, 1.82) is 0 Å². The third-order valence-electron chi connectivity index (χ3n) is 5.53. The smallest absolute Gasteiger partial charge is 0.252 e. The highest BCUT2D eigenvalue weighted by Gasteiger charge is 2.29. The number of amides is 2. The van der Waals surface area contributed by atoms with Crippen molar-refractivity contribution in [3.8, 4) is 0 Å². The number of pyridine rings is 2. The summed E-state index contributed by atoms with van der Waals surface area (Å²) >= 11 is 0. The summed E-state index contributed by atoms with van der Waals surface area (Å²) in [7, 11) is 0. The second kappa shape index (κ2) is 9.67. The van der Waals surface area contributed by atoms with Crippen LogP contribution in [0.2, 0.25) is 0 Å². The fraction of sp³-hybridized carbons (Fsp3) is 0.455. The Labute approximate surface area is 176 Å². The molecule has 2 N–H and O–H groups in total. The van der Waals surface area contributed by atoms with Crippen molar-refractivity contribution >= 4 is 23.3 Å². The van der Waals surface area contributed by atoms with Gasteiger partial charge in [-0.2, -0.15) is 0 Å². The lowest BCUT2D eigenvalue weighted by Gasteiger charge is -2.33. The second-order valence-electron chi connectivity index (χ2n) is 7.69. The Morgan fingerprint density at radius 1 is 1.27 bits per heavy atom. The molecule has 4 heterocycles. The molecule has 2 aliphatic heterocycles. The Morgan fingerprint density at radius 3 is 2.93 bits per heavy atom. The first-order chi connectivity index (χ1) is 14.7. The molecular weight excluding hydrogens is 382 g/mol. The summed E-state index contributed by atoms with van der Waals surface area (Å²) in [4.78, 5) is 35.6. The molecule has 0 spiro atoms. The topological polar surface area (TPSA) is 96.5 Å². The highest BCUT2D eigenvalue weighted by atomic mass is 16.5. The number of aryl methyl sites for hydroxylation is 1. The first-order valence-corrected chi connectivity index (χ1v) is 10.5. The van der Waals surface area contributed by atoms with Gasteiger partial charge in [-0.15, -0.1) is 0 Å². The summed E-state index contributed by atoms with van der Waals surface area (Å²) in [5, 5.41) is 5.99. The van der Waals surface area contributed by atoms with Crippen LogP contribution in [0.5, 0.6) is 0 Å². The number of carbonyl (C=O) groups excluding carboxylic acids is 2. The van der Waals surface area contributed by atoms with Crippen LogP contribution < -0.4 is 15.5 Å². The van der Waals surface area contributed by atoms with Crippen LogP contribution in [0.25, 0.3) is 0 Å². The van der Waals surface area contributed by atoms with E-state index in [1.165, 1.54) is 0 Å². The predicted molar refractivity (Wildman–Crippen MR) is 114 cm³/mol. The zero-order valence-electron chi connectivity index (χ0n) is 17.0. The summed E-state index contributed by atoms with van der Waals surface area (Å²) in [5.41, 5.74) is 2.15. The molecule has 30 heavy (non-hydrogen) atoms. The lowest BCUT2D eigenvalue weighted by atomic mass is 9.99. The minimum atomic E-state index is -0.185. The molecule has 2 aromatic rings. The van der Waals surface area contributed by atoms with Gasteiger partial charge in [0.25, 0.3) is 5.91 Å². The molecule has 2 aromatic heterocycles. The summed E-state index contributed by atoms with van der Waals surface area (Å²) in [6.45, 7) is 2.87. The minimum Gasteiger partial charge on any atom is -0.381 e. The molecule has 0 aliphatic carbocycles. The van der Waals surface area contributed by atoms with Gasteiger partial charge in [-0.05, 0) is 49.8 Å². The zero-order chi connectivity index (χ0) is 20.8. The van der Waals surface area contributed by atoms with E-state index in [-0.39, 0.29) is 18.4 Å². The standard InChI is InChI=1S/C22H27N5O3/c28-20-14-26-21-19(27(20)15-16-6-10-30-11-7-16)12-17(13-25-21)22(29)24-9-3-5-18-4-1-2-8-23-18/h1-2,4,8,12-13,16H,3,5-7,9-11,14-15H2,(H,24,29)(H,25,26). The fourth-order valence-corrected chi connectivity index (χ4v) is 3.82. The molecule has 0 radical (unpaired) electrons. The van der Waals surface area contributed by atoms with Crippen LogP contribution in [0.15, 0.2) is 36.7 Å². The van der Waals surface area contributed by atoms with Crippen molar-refractivity contribution in [1.82, 2.24) is 15.3 Å². The van der Waals surface area contributed by atoms with E-state index < -0.39 is 0 Å². The number of hydrogen-bond acceptors (Lipinski definition) is 6. The molecule has 0 aromatic carbocycles. The van der Waals surface area contributed by atoms with Gasteiger partial charge >= 0.3 is 0 Å². The molecule has 8 heteroatoms. The third kappa shape index (κ3) is 4.94. The summed E-state index contributed by atoms with van der Waals surface area (Å²) < 4.78 is 5.43. The van der Waals surface area contributed by atoms with Gasteiger partial charge in [-0.1, -0.05) is 6.07 Å². The molecular formula is C22H27N5O3. The SMILES string of the molecule is O=C(NCCCc1ccccn1)c1cnc2c(c1)N(CC1CCOCC1)C(=O)CN2. The molecule has 1 saturated heterocycles. The maximum Gasteiger partial charge on any atom is 0.252 e. The molecule has 0 bridgehead atoms. The maximum atomic E-state index is 12.6. The van der Waals surface area contributed by atoms with Crippen LogP contribution in [-0.2, 0) is 16.0 Å². The number of hydrogen-bond donors (Lipinski definition) is 2. The molecule has 4 rings (SSSR count). The number of anilines is 2. The van der Waals surface area contributed by atoms with Gasteiger partial charge in [0.2, 0.25) is 5.91 Å². The fourth-order valence-electron chi connectivity index (χ4n) is 3.82. The lowest BCUT2D eigenvalue weighted by molar-refractivity contribution is -0.117. The molecule has 0 atom stereocenters. The van der Waals surface area contributed by atoms with Crippen molar-refractivity contribution in [2.75, 3.05) is 43.1 Å². The van der Waals surface area contributed by atoms with Crippen LogP contribution in [0.3, 0.4) is 0 Å². The largest absolute Gasteiger partial charge is 0.381 e. The zero-order valence-corrected chi connectivity index (χ0v) is 17.0. The van der Waals surface area contributed by atoms with Crippen LogP contribution >= 0.6 is 0 Å². The number of rotatable bonds is 7. The number of fused-ring (bicyclic) bond motifs is 1. The minimum absolute atomic E-state index is 0.00344. The van der Waals surface area contributed by atoms with Crippen LogP contribution in [0.1, 0.15) is 35.3 Å². The van der Waals surface area contributed by atoms with Gasteiger partial charge in [-0.25, -0.2) is 4.98 Å². The van der Waals surface area contributed by atoms with Crippen LogP contribution in [0.4, 0.5) is 11.5 Å². The highest BCUT2D eigenvalue weighted by molar-refractivity contribution is 6.04. The Morgan fingerprint density at radius 2 is 2.13 bits per heavy atom. The number of nitrogens with zero attached hydrogens (tertiary/aromatic N) is 3. The Bertz CT molecular complexity index is 884. The molecule has 1 fully saturated rings. The normalized spacial score (nSPS) is 16.7. The third-order valence-corrected chi connectivity index (χ3v) is 5.53. The van der Waals surface area contributed by atoms with E-state index in [2.05, 4.69) is 20.6 Å². The second-order valence-corrected chi connectivity index (χ2v) is 7.69. The molecule has 0 saturated carbocycles. The van der Waals surface area contributed by atoms with Gasteiger partial charge < -0.3 is 20.3 Å². The average Bonchev–Trinajstić information content (AvgIpc) is 2.79. The number of ether oxygens (including phenoxy) is 1. The van der Waals surface area contributed by atoms with E-state index in [0.717, 1.165) is 44.6 Å². The van der Waals surface area contributed by atoms with Crippen molar-refractivity contribution in [2.24, 2.45) is 5.92 Å². The van der Waals surface area contributed by atoms with Gasteiger partial charge in [0.05, 0.1) is 17.8 Å². The van der Waals surface area contributed by atoms with Crippen LogP contribution in [0, 0.1) is 5.92 Å². The van der Waals surface area contributed by atoms with Gasteiger partial charge in [0, 0.05) is 44.4 Å². The highest BCUT2D eigenvalue weighted by Crippen LogP contribution is 2.30. The van der Waals surface area contributed by atoms with Crippen LogP contribution in [-0.4, -0.2) is 54.6 Å². The van der Waals surface area contributed by atoms with E-state index in [1.54, 1.807) is 23.4 Å². The molecule has 8 nitrogen and oxygen atoms in total. The Kier molecular flexibility index (Phi) is 6.53. The van der Waals surface area contributed by atoms with Gasteiger partial charge in [-0.3, -0.25) is 14.6 Å². The summed E-state index contributed by atoms with van der Waals surface area (Å²) in [5.74, 6) is 0.866. The summed E-state index contributed by atoms with van der Waals surface area (Å²) in [6, 6.07) is 7.59. The van der Waals surface area contributed by atoms with E-state index in [1.807, 2.05) is 18.2 Å². The van der Waals surface area contributed by atoms with Crippen molar-refractivity contribution < 1.29 is 14.3 Å². The van der Waals surface area contributed by atoms with E-state index in [0.29, 0.717) is 36.1 Å². The number of aromatic nitrogens is 2. The van der Waals surface area contributed by atoms with E-state index in [4.69, 9.17) is 4.74 Å². The number of nitrogens with one attached hydrogen (secondary N) is 2. The monoisotopic (exact) mass is 409 g/mol. The Hall–Kier alpha value is -3.00. The molecule has 0 unspecified atom stereocenters. The quantitative estimate of drug-likeness (QED) is 0.680.